The minimum absolute atomic E-state index is 0. The van der Waals surface area contributed by atoms with E-state index in [1.165, 1.54) is 10.9 Å². The maximum atomic E-state index is 4.28. The van der Waals surface area contributed by atoms with Crippen LogP contribution in [0.2, 0.25) is 0 Å². The molecule has 62 valence electrons. The van der Waals surface area contributed by atoms with Gasteiger partial charge in [0.2, 0.25) is 0 Å². The van der Waals surface area contributed by atoms with Gasteiger partial charge in [-0.2, -0.15) is 0 Å². The Morgan fingerprint density at radius 1 is 1.08 bits per heavy atom. The fraction of sp³-hybridized carbons (Fsp3) is 0.100. The number of benzene rings is 1. The molecule has 0 aliphatic heterocycles. The Bertz CT molecular complexity index is 379. The lowest BCUT2D eigenvalue weighted by molar-refractivity contribution is 1.37. The molecule has 0 fully saturated rings. The topological polar surface area (TPSA) is 12.9 Å². The Morgan fingerprint density at radius 3 is 2.58 bits per heavy atom. The monoisotopic (exact) mass is 179 g/mol. The second-order valence-electron chi connectivity index (χ2n) is 2.65. The zero-order valence-electron chi connectivity index (χ0n) is 6.82. The third-order valence-corrected chi connectivity index (χ3v) is 1.83. The highest BCUT2D eigenvalue weighted by atomic mass is 35.5. The first-order valence-electron chi connectivity index (χ1n) is 3.68. The minimum Gasteiger partial charge on any atom is -0.256 e. The number of aromatic nitrogens is 1. The second-order valence-corrected chi connectivity index (χ2v) is 2.65. The summed E-state index contributed by atoms with van der Waals surface area (Å²) in [5.74, 6) is 0. The molecule has 0 aliphatic rings. The number of pyridine rings is 1. The van der Waals surface area contributed by atoms with E-state index in [-0.39, 0.29) is 12.4 Å². The third kappa shape index (κ3) is 1.41. The normalized spacial score (nSPS) is 9.42. The van der Waals surface area contributed by atoms with Gasteiger partial charge in [-0.25, -0.2) is 0 Å². The molecule has 0 bridgehead atoms. The van der Waals surface area contributed by atoms with Gasteiger partial charge >= 0.3 is 0 Å². The predicted octanol–water partition coefficient (Wildman–Crippen LogP) is 2.97. The Labute approximate surface area is 77.9 Å². The summed E-state index contributed by atoms with van der Waals surface area (Å²) in [6, 6.07) is 10.3. The number of halogens is 1. The quantitative estimate of drug-likeness (QED) is 0.606. The smallest absolute Gasteiger partial charge is 0.0731 e. The van der Waals surface area contributed by atoms with E-state index in [0.29, 0.717) is 0 Å². The van der Waals surface area contributed by atoms with Crippen LogP contribution in [0.4, 0.5) is 0 Å². The Hall–Kier alpha value is -1.08. The van der Waals surface area contributed by atoms with Gasteiger partial charge < -0.3 is 0 Å². The van der Waals surface area contributed by atoms with Crippen LogP contribution in [-0.2, 0) is 0 Å². The van der Waals surface area contributed by atoms with E-state index in [1.807, 2.05) is 12.3 Å². The standard InChI is InChI=1S/C10H9N.ClH/c1-8-4-2-5-9-6-3-7-11-10(8)9;/h2-7H,1H3;1H. The van der Waals surface area contributed by atoms with Crippen molar-refractivity contribution in [1.29, 1.82) is 0 Å². The molecule has 12 heavy (non-hydrogen) atoms. The molecule has 1 aromatic heterocycles. The summed E-state index contributed by atoms with van der Waals surface area (Å²) in [6.07, 6.45) is 1.83. The van der Waals surface area contributed by atoms with Crippen molar-refractivity contribution in [2.24, 2.45) is 0 Å². The average Bonchev–Trinajstić information content (AvgIpc) is 2.06. The maximum absolute atomic E-state index is 4.28. The van der Waals surface area contributed by atoms with Crippen LogP contribution in [-0.4, -0.2) is 4.98 Å². The van der Waals surface area contributed by atoms with E-state index in [9.17, 15) is 0 Å². The SMILES string of the molecule is Cc1cccc2cccnc12.Cl. The molecule has 0 atom stereocenters. The van der Waals surface area contributed by atoms with E-state index in [0.717, 1.165) is 5.52 Å². The Balaban J connectivity index is 0.000000720. The highest BCUT2D eigenvalue weighted by Crippen LogP contribution is 2.13. The van der Waals surface area contributed by atoms with Crippen LogP contribution in [0, 0.1) is 6.92 Å². The molecule has 0 spiro atoms. The number of nitrogens with zero attached hydrogens (tertiary/aromatic N) is 1. The zero-order valence-corrected chi connectivity index (χ0v) is 7.64. The summed E-state index contributed by atoms with van der Waals surface area (Å²) >= 11 is 0. The van der Waals surface area contributed by atoms with Crippen molar-refractivity contribution in [3.63, 3.8) is 0 Å². The van der Waals surface area contributed by atoms with E-state index in [2.05, 4.69) is 36.2 Å². The van der Waals surface area contributed by atoms with E-state index >= 15 is 0 Å². The van der Waals surface area contributed by atoms with Gasteiger partial charge in [-0.15, -0.1) is 12.4 Å². The molecule has 1 heterocycles. The molecule has 0 radical (unpaired) electrons. The van der Waals surface area contributed by atoms with Gasteiger partial charge in [0.25, 0.3) is 0 Å². The maximum Gasteiger partial charge on any atom is 0.0731 e. The Kier molecular flexibility index (Phi) is 2.66. The summed E-state index contributed by atoms with van der Waals surface area (Å²) in [4.78, 5) is 4.28. The minimum atomic E-state index is 0. The molecule has 2 rings (SSSR count). The number of rotatable bonds is 0. The first-order chi connectivity index (χ1) is 5.38. The van der Waals surface area contributed by atoms with Crippen molar-refractivity contribution in [2.75, 3.05) is 0 Å². The van der Waals surface area contributed by atoms with Crippen molar-refractivity contribution in [2.45, 2.75) is 6.92 Å². The number of fused-ring (bicyclic) bond motifs is 1. The van der Waals surface area contributed by atoms with Crippen LogP contribution in [0.5, 0.6) is 0 Å². The highest BCUT2D eigenvalue weighted by molar-refractivity contribution is 5.85. The van der Waals surface area contributed by atoms with Crippen LogP contribution >= 0.6 is 12.4 Å². The third-order valence-electron chi connectivity index (χ3n) is 1.83. The summed E-state index contributed by atoms with van der Waals surface area (Å²) in [5.41, 5.74) is 2.35. The Morgan fingerprint density at radius 2 is 1.83 bits per heavy atom. The lowest BCUT2D eigenvalue weighted by Gasteiger charge is -1.97. The molecule has 0 saturated carbocycles. The second kappa shape index (κ2) is 3.55. The van der Waals surface area contributed by atoms with Crippen LogP contribution in [0.25, 0.3) is 10.9 Å². The van der Waals surface area contributed by atoms with E-state index < -0.39 is 0 Å². The van der Waals surface area contributed by atoms with Crippen LogP contribution in [0.15, 0.2) is 36.5 Å². The number of hydrogen-bond donors (Lipinski definition) is 0. The molecule has 0 saturated heterocycles. The highest BCUT2D eigenvalue weighted by Gasteiger charge is 1.93. The molecule has 2 heteroatoms. The molecule has 0 N–H and O–H groups in total. The van der Waals surface area contributed by atoms with Crippen LogP contribution in [0.3, 0.4) is 0 Å². The summed E-state index contributed by atoms with van der Waals surface area (Å²) in [7, 11) is 0. The average molecular weight is 180 g/mol. The van der Waals surface area contributed by atoms with Gasteiger partial charge in [-0.05, 0) is 18.6 Å². The van der Waals surface area contributed by atoms with Crippen molar-refractivity contribution >= 4 is 23.3 Å². The fourth-order valence-electron chi connectivity index (χ4n) is 1.26. The summed E-state index contributed by atoms with van der Waals surface area (Å²) < 4.78 is 0. The van der Waals surface area contributed by atoms with E-state index in [1.54, 1.807) is 0 Å². The molecule has 0 unspecified atom stereocenters. The number of para-hydroxylation sites is 1. The molecule has 0 amide bonds. The van der Waals surface area contributed by atoms with Crippen molar-refractivity contribution < 1.29 is 0 Å². The number of hydrogen-bond acceptors (Lipinski definition) is 1. The van der Waals surface area contributed by atoms with Gasteiger partial charge in [0.15, 0.2) is 0 Å². The van der Waals surface area contributed by atoms with Crippen molar-refractivity contribution in [3.05, 3.63) is 42.1 Å². The first-order valence-corrected chi connectivity index (χ1v) is 3.68. The molecule has 1 aromatic carbocycles. The lowest BCUT2D eigenvalue weighted by atomic mass is 10.1. The molecular weight excluding hydrogens is 170 g/mol. The molecule has 0 aliphatic carbocycles. The summed E-state index contributed by atoms with van der Waals surface area (Å²) in [6.45, 7) is 2.08. The number of aryl methyl sites for hydroxylation is 1. The van der Waals surface area contributed by atoms with Crippen molar-refractivity contribution in [1.82, 2.24) is 4.98 Å². The van der Waals surface area contributed by atoms with E-state index in [4.69, 9.17) is 0 Å². The van der Waals surface area contributed by atoms with Gasteiger partial charge in [-0.1, -0.05) is 24.3 Å². The molecule has 2 aromatic rings. The van der Waals surface area contributed by atoms with Gasteiger partial charge in [0, 0.05) is 11.6 Å². The predicted molar refractivity (Wildman–Crippen MR) is 53.7 cm³/mol. The zero-order chi connectivity index (χ0) is 7.68. The van der Waals surface area contributed by atoms with Crippen LogP contribution in [0.1, 0.15) is 5.56 Å². The van der Waals surface area contributed by atoms with Crippen molar-refractivity contribution in [3.8, 4) is 0 Å². The largest absolute Gasteiger partial charge is 0.256 e. The van der Waals surface area contributed by atoms with Gasteiger partial charge in [-0.3, -0.25) is 4.98 Å². The van der Waals surface area contributed by atoms with Gasteiger partial charge in [0.05, 0.1) is 5.52 Å². The first kappa shape index (κ1) is 9.01. The summed E-state index contributed by atoms with van der Waals surface area (Å²) in [5, 5.41) is 1.22. The van der Waals surface area contributed by atoms with Crippen LogP contribution < -0.4 is 0 Å². The van der Waals surface area contributed by atoms with Gasteiger partial charge in [0.1, 0.15) is 0 Å². The lowest BCUT2D eigenvalue weighted by Crippen LogP contribution is -1.80. The molecular formula is C10H10ClN. The molecule has 1 nitrogen and oxygen atoms in total. The fourth-order valence-corrected chi connectivity index (χ4v) is 1.26.